The lowest BCUT2D eigenvalue weighted by Crippen LogP contribution is -2.01. The highest BCUT2D eigenvalue weighted by Crippen LogP contribution is 2.35. The number of carbonyl (C=O) groups is 1. The maximum atomic E-state index is 10.5. The zero-order valence-electron chi connectivity index (χ0n) is 9.12. The molecule has 0 spiro atoms. The van der Waals surface area contributed by atoms with E-state index in [2.05, 4.69) is 18.2 Å². The van der Waals surface area contributed by atoms with Crippen molar-refractivity contribution in [1.29, 1.82) is 0 Å². The highest BCUT2D eigenvalue weighted by atomic mass is 16.4. The third kappa shape index (κ3) is 4.58. The maximum Gasteiger partial charge on any atom is 0.353 e. The van der Waals surface area contributed by atoms with Crippen LogP contribution in [0.2, 0.25) is 0 Å². The second-order valence-electron chi connectivity index (χ2n) is 4.17. The number of rotatable bonds is 6. The smallest absolute Gasteiger partial charge is 0.353 e. The molecule has 0 amide bonds. The quantitative estimate of drug-likeness (QED) is 0.413. The molecule has 0 aromatic heterocycles. The molecule has 15 heavy (non-hydrogen) atoms. The van der Waals surface area contributed by atoms with Crippen LogP contribution in [0.3, 0.4) is 0 Å². The predicted octanol–water partition coefficient (Wildman–Crippen LogP) is 2.79. The van der Waals surface area contributed by atoms with Gasteiger partial charge < -0.3 is 5.11 Å². The van der Waals surface area contributed by atoms with Crippen molar-refractivity contribution in [2.45, 2.75) is 32.6 Å². The van der Waals surface area contributed by atoms with Gasteiger partial charge in [-0.15, -0.1) is 0 Å². The van der Waals surface area contributed by atoms with Crippen LogP contribution in [0.1, 0.15) is 32.6 Å². The van der Waals surface area contributed by atoms with Crippen LogP contribution in [0.5, 0.6) is 0 Å². The second-order valence-corrected chi connectivity index (χ2v) is 4.17. The van der Waals surface area contributed by atoms with Gasteiger partial charge in [0.05, 0.1) is 0 Å². The summed E-state index contributed by atoms with van der Waals surface area (Å²) in [4.78, 5) is 14.4. The molecule has 1 rings (SSSR count). The minimum atomic E-state index is -1.07. The normalized spacial score (nSPS) is 16.2. The Labute approximate surface area is 90.2 Å². The Balaban J connectivity index is 2.38. The number of aliphatic carboxylic acids is 1. The molecule has 1 saturated carbocycles. The van der Waals surface area contributed by atoms with E-state index in [1.165, 1.54) is 12.8 Å². The van der Waals surface area contributed by atoms with Crippen LogP contribution in [0, 0.1) is 5.92 Å². The highest BCUT2D eigenvalue weighted by molar-refractivity contribution is 5.92. The van der Waals surface area contributed by atoms with Crippen molar-refractivity contribution in [2.24, 2.45) is 10.9 Å². The van der Waals surface area contributed by atoms with Crippen LogP contribution in [-0.4, -0.2) is 16.8 Å². The molecule has 1 aliphatic rings. The first-order valence-corrected chi connectivity index (χ1v) is 5.12. The molecule has 0 atom stereocenters. The number of carboxylic acids is 1. The fourth-order valence-electron chi connectivity index (χ4n) is 1.48. The summed E-state index contributed by atoms with van der Waals surface area (Å²) >= 11 is 0. The largest absolute Gasteiger partial charge is 0.477 e. The molecule has 3 heteroatoms. The van der Waals surface area contributed by atoms with Crippen molar-refractivity contribution in [3.8, 4) is 0 Å². The van der Waals surface area contributed by atoms with E-state index in [-0.39, 0.29) is 5.70 Å². The van der Waals surface area contributed by atoms with Gasteiger partial charge in [0.25, 0.3) is 0 Å². The van der Waals surface area contributed by atoms with Gasteiger partial charge >= 0.3 is 5.97 Å². The number of nitrogens with zero attached hydrogens (tertiary/aromatic N) is 1. The van der Waals surface area contributed by atoms with E-state index in [9.17, 15) is 4.79 Å². The SMILES string of the molecule is C=C(CC(C)=NC(=C)C(=O)O)CC1CC1. The van der Waals surface area contributed by atoms with Crippen LogP contribution in [0.25, 0.3) is 0 Å². The zero-order valence-corrected chi connectivity index (χ0v) is 9.12. The number of hydrogen-bond acceptors (Lipinski definition) is 2. The first-order chi connectivity index (χ1) is 6.99. The Morgan fingerprint density at radius 2 is 2.07 bits per heavy atom. The third-order valence-electron chi connectivity index (χ3n) is 2.35. The number of carboxylic acid groups (broad SMARTS) is 1. The Bertz CT molecular complexity index is 325. The molecule has 0 aromatic carbocycles. The fourth-order valence-corrected chi connectivity index (χ4v) is 1.48. The Hall–Kier alpha value is -1.38. The molecule has 1 aliphatic carbocycles. The van der Waals surface area contributed by atoms with Crippen molar-refractivity contribution < 1.29 is 9.90 Å². The molecular formula is C12H17NO2. The Morgan fingerprint density at radius 3 is 2.53 bits per heavy atom. The number of aliphatic imine (C=N–C) groups is 1. The van der Waals surface area contributed by atoms with Gasteiger partial charge in [-0.1, -0.05) is 18.7 Å². The first-order valence-electron chi connectivity index (χ1n) is 5.12. The van der Waals surface area contributed by atoms with Crippen molar-refractivity contribution in [3.63, 3.8) is 0 Å². The molecule has 0 unspecified atom stereocenters. The van der Waals surface area contributed by atoms with Gasteiger partial charge in [-0.3, -0.25) is 4.99 Å². The predicted molar refractivity (Wildman–Crippen MR) is 61.0 cm³/mol. The van der Waals surface area contributed by atoms with E-state index in [1.807, 2.05) is 6.92 Å². The van der Waals surface area contributed by atoms with Gasteiger partial charge in [-0.25, -0.2) is 4.79 Å². The molecule has 0 heterocycles. The summed E-state index contributed by atoms with van der Waals surface area (Å²) in [5.41, 5.74) is 1.80. The molecule has 1 N–H and O–H groups in total. The van der Waals surface area contributed by atoms with Crippen molar-refractivity contribution in [3.05, 3.63) is 24.4 Å². The molecule has 82 valence electrons. The van der Waals surface area contributed by atoms with Crippen molar-refractivity contribution >= 4 is 11.7 Å². The minimum absolute atomic E-state index is 0.105. The molecule has 1 fully saturated rings. The first kappa shape index (κ1) is 11.7. The van der Waals surface area contributed by atoms with E-state index in [4.69, 9.17) is 5.11 Å². The Morgan fingerprint density at radius 1 is 1.47 bits per heavy atom. The minimum Gasteiger partial charge on any atom is -0.477 e. The third-order valence-corrected chi connectivity index (χ3v) is 2.35. The average molecular weight is 207 g/mol. The second kappa shape index (κ2) is 4.91. The van der Waals surface area contributed by atoms with Crippen LogP contribution < -0.4 is 0 Å². The summed E-state index contributed by atoms with van der Waals surface area (Å²) in [6.07, 6.45) is 4.34. The van der Waals surface area contributed by atoms with Crippen LogP contribution in [0.4, 0.5) is 0 Å². The topological polar surface area (TPSA) is 49.7 Å². The fraction of sp³-hybridized carbons (Fsp3) is 0.500. The van der Waals surface area contributed by atoms with E-state index in [0.29, 0.717) is 6.42 Å². The summed E-state index contributed by atoms with van der Waals surface area (Å²) < 4.78 is 0. The number of allylic oxidation sites excluding steroid dienone is 1. The maximum absolute atomic E-state index is 10.5. The van der Waals surface area contributed by atoms with E-state index >= 15 is 0 Å². The lowest BCUT2D eigenvalue weighted by molar-refractivity contribution is -0.132. The lowest BCUT2D eigenvalue weighted by Gasteiger charge is -2.04. The van der Waals surface area contributed by atoms with Gasteiger partial charge in [-0.05, 0) is 32.1 Å². The molecule has 0 saturated heterocycles. The number of hydrogen-bond donors (Lipinski definition) is 1. The van der Waals surface area contributed by atoms with Gasteiger partial charge in [-0.2, -0.15) is 0 Å². The van der Waals surface area contributed by atoms with Crippen molar-refractivity contribution in [2.75, 3.05) is 0 Å². The van der Waals surface area contributed by atoms with Crippen molar-refractivity contribution in [1.82, 2.24) is 0 Å². The monoisotopic (exact) mass is 207 g/mol. The van der Waals surface area contributed by atoms with Gasteiger partial charge in [0.2, 0.25) is 0 Å². The summed E-state index contributed by atoms with van der Waals surface area (Å²) in [6, 6.07) is 0. The summed E-state index contributed by atoms with van der Waals surface area (Å²) in [5.74, 6) is -0.255. The lowest BCUT2D eigenvalue weighted by atomic mass is 10.1. The highest BCUT2D eigenvalue weighted by Gasteiger charge is 2.21. The van der Waals surface area contributed by atoms with Crippen LogP contribution >= 0.6 is 0 Å². The summed E-state index contributed by atoms with van der Waals surface area (Å²) in [5, 5.41) is 8.59. The summed E-state index contributed by atoms with van der Waals surface area (Å²) in [6.45, 7) is 9.14. The standard InChI is InChI=1S/C12H17NO2/c1-8(7-11-4-5-11)6-9(2)13-10(3)12(14)15/h11H,1,3-7H2,2H3,(H,14,15). The molecule has 0 radical (unpaired) electrons. The van der Waals surface area contributed by atoms with Gasteiger partial charge in [0, 0.05) is 12.1 Å². The van der Waals surface area contributed by atoms with E-state index in [0.717, 1.165) is 23.6 Å². The van der Waals surface area contributed by atoms with Crippen LogP contribution in [-0.2, 0) is 4.79 Å². The molecule has 0 aliphatic heterocycles. The Kier molecular flexibility index (Phi) is 3.83. The average Bonchev–Trinajstić information content (AvgIpc) is 2.86. The van der Waals surface area contributed by atoms with Crippen LogP contribution in [0.15, 0.2) is 29.4 Å². The molecule has 0 aromatic rings. The van der Waals surface area contributed by atoms with Gasteiger partial charge in [0.1, 0.15) is 5.70 Å². The summed E-state index contributed by atoms with van der Waals surface area (Å²) in [7, 11) is 0. The molecule has 0 bridgehead atoms. The zero-order chi connectivity index (χ0) is 11.4. The molecule has 3 nitrogen and oxygen atoms in total. The van der Waals surface area contributed by atoms with E-state index < -0.39 is 5.97 Å². The molecular weight excluding hydrogens is 190 g/mol. The van der Waals surface area contributed by atoms with E-state index in [1.54, 1.807) is 0 Å². The van der Waals surface area contributed by atoms with Gasteiger partial charge in [0.15, 0.2) is 0 Å².